The van der Waals surface area contributed by atoms with Gasteiger partial charge in [-0.05, 0) is 18.6 Å². The summed E-state index contributed by atoms with van der Waals surface area (Å²) in [5, 5.41) is 18.7. The van der Waals surface area contributed by atoms with Gasteiger partial charge in [-0.25, -0.2) is 13.1 Å². The highest BCUT2D eigenvalue weighted by molar-refractivity contribution is 7.92. The molecule has 0 spiro atoms. The van der Waals surface area contributed by atoms with Crippen LogP contribution in [0.1, 0.15) is 29.4 Å². The van der Waals surface area contributed by atoms with Crippen LogP contribution in [0.5, 0.6) is 0 Å². The van der Waals surface area contributed by atoms with E-state index in [1.54, 1.807) is 19.1 Å². The maximum atomic E-state index is 12.4. The van der Waals surface area contributed by atoms with E-state index >= 15 is 0 Å². The molecule has 0 saturated heterocycles. The van der Waals surface area contributed by atoms with E-state index < -0.39 is 21.9 Å². The van der Waals surface area contributed by atoms with Crippen molar-refractivity contribution in [1.82, 2.24) is 20.3 Å². The lowest BCUT2D eigenvalue weighted by molar-refractivity contribution is -0.137. The molecule has 10 nitrogen and oxygen atoms in total. The zero-order valence-corrected chi connectivity index (χ0v) is 14.9. The highest BCUT2D eigenvalue weighted by atomic mass is 32.2. The van der Waals surface area contributed by atoms with Gasteiger partial charge in [-0.15, -0.1) is 5.10 Å². The monoisotopic (exact) mass is 381 g/mol. The summed E-state index contributed by atoms with van der Waals surface area (Å²) in [6.07, 6.45) is 1.86. The van der Waals surface area contributed by atoms with Crippen molar-refractivity contribution in [3.05, 3.63) is 41.7 Å². The average Bonchev–Trinajstić information content (AvgIpc) is 2.99. The van der Waals surface area contributed by atoms with Gasteiger partial charge in [0.2, 0.25) is 10.0 Å². The molecule has 0 bridgehead atoms. The number of amides is 1. The van der Waals surface area contributed by atoms with Crippen LogP contribution in [0.3, 0.4) is 0 Å². The summed E-state index contributed by atoms with van der Waals surface area (Å²) < 4.78 is 27.4. The molecule has 0 fully saturated rings. The number of carboxylic acids is 1. The summed E-state index contributed by atoms with van der Waals surface area (Å²) in [6.45, 7) is 1.44. The van der Waals surface area contributed by atoms with Gasteiger partial charge in [0.05, 0.1) is 29.7 Å². The number of anilines is 1. The number of carboxylic acid groups (broad SMARTS) is 1. The van der Waals surface area contributed by atoms with Crippen molar-refractivity contribution >= 4 is 27.6 Å². The smallest absolute Gasteiger partial charge is 0.325 e. The fraction of sp³-hybridized carbons (Fsp3) is 0.333. The Balaban J connectivity index is 2.05. The fourth-order valence-electron chi connectivity index (χ4n) is 2.16. The molecule has 0 aliphatic rings. The van der Waals surface area contributed by atoms with E-state index in [-0.39, 0.29) is 30.1 Å². The van der Waals surface area contributed by atoms with Gasteiger partial charge in [-0.3, -0.25) is 14.3 Å². The van der Waals surface area contributed by atoms with Crippen LogP contribution in [0.25, 0.3) is 0 Å². The molecule has 2 aromatic rings. The minimum atomic E-state index is -3.53. The Hall–Kier alpha value is -2.95. The van der Waals surface area contributed by atoms with Gasteiger partial charge in [0, 0.05) is 0 Å². The first kappa shape index (κ1) is 19.4. The molecular weight excluding hydrogens is 362 g/mol. The highest BCUT2D eigenvalue weighted by Crippen LogP contribution is 2.17. The number of carbonyl (C=O) groups excluding carboxylic acids is 1. The van der Waals surface area contributed by atoms with Crippen LogP contribution in [-0.2, 0) is 27.9 Å². The summed E-state index contributed by atoms with van der Waals surface area (Å²) >= 11 is 0. The molecule has 1 aromatic heterocycles. The Morgan fingerprint density at radius 2 is 2.00 bits per heavy atom. The third-order valence-electron chi connectivity index (χ3n) is 3.22. The van der Waals surface area contributed by atoms with Gasteiger partial charge >= 0.3 is 5.97 Å². The fourth-order valence-corrected chi connectivity index (χ4v) is 3.31. The first-order valence-corrected chi connectivity index (χ1v) is 9.44. The average molecular weight is 381 g/mol. The van der Waals surface area contributed by atoms with Crippen LogP contribution in [0, 0.1) is 0 Å². The van der Waals surface area contributed by atoms with Crippen molar-refractivity contribution in [2.75, 3.05) is 10.5 Å². The van der Waals surface area contributed by atoms with E-state index in [9.17, 15) is 18.0 Å². The maximum Gasteiger partial charge on any atom is 0.325 e. The Labute approximate surface area is 150 Å². The molecule has 1 aromatic carbocycles. The van der Waals surface area contributed by atoms with Gasteiger partial charge in [0.15, 0.2) is 0 Å². The van der Waals surface area contributed by atoms with Crippen molar-refractivity contribution in [3.63, 3.8) is 0 Å². The van der Waals surface area contributed by atoms with E-state index in [0.29, 0.717) is 12.1 Å². The number of aromatic nitrogens is 3. The summed E-state index contributed by atoms with van der Waals surface area (Å²) in [4.78, 5) is 23.0. The van der Waals surface area contributed by atoms with Gasteiger partial charge in [0.25, 0.3) is 5.91 Å². The minimum Gasteiger partial charge on any atom is -0.480 e. The number of hydrogen-bond donors (Lipinski definition) is 3. The number of rotatable bonds is 9. The molecule has 0 aliphatic heterocycles. The van der Waals surface area contributed by atoms with Crippen molar-refractivity contribution in [1.29, 1.82) is 0 Å². The summed E-state index contributed by atoms with van der Waals surface area (Å²) in [5.41, 5.74) is 0.738. The molecule has 0 saturated carbocycles. The molecule has 3 N–H and O–H groups in total. The van der Waals surface area contributed by atoms with Crippen LogP contribution in [0.15, 0.2) is 30.5 Å². The summed E-state index contributed by atoms with van der Waals surface area (Å²) in [7, 11) is -3.53. The Kier molecular flexibility index (Phi) is 6.28. The van der Waals surface area contributed by atoms with Crippen LogP contribution >= 0.6 is 0 Å². The maximum absolute atomic E-state index is 12.4. The van der Waals surface area contributed by atoms with E-state index in [0.717, 1.165) is 4.68 Å². The highest BCUT2D eigenvalue weighted by Gasteiger charge is 2.16. The third-order valence-corrected chi connectivity index (χ3v) is 4.70. The molecule has 0 unspecified atom stereocenters. The minimum absolute atomic E-state index is 0.0223. The number of nitrogens with one attached hydrogen (secondary N) is 2. The summed E-state index contributed by atoms with van der Waals surface area (Å²) in [6, 6.07) is 6.25. The number of nitrogens with zero attached hydrogens (tertiary/aromatic N) is 3. The standard InChI is InChI=1S/C15H19N5O5S/c1-2-7-26(24,25)18-13-6-4-3-5-12(13)15(23)16-8-11-9-20(19-17-11)10-14(21)22/h3-6,9,18H,2,7-8,10H2,1H3,(H,16,23)(H,21,22). The lowest BCUT2D eigenvalue weighted by Gasteiger charge is -2.12. The number of para-hydroxylation sites is 1. The topological polar surface area (TPSA) is 143 Å². The molecule has 0 radical (unpaired) electrons. The van der Waals surface area contributed by atoms with E-state index in [2.05, 4.69) is 20.4 Å². The second kappa shape index (κ2) is 8.43. The predicted molar refractivity (Wildman–Crippen MR) is 93.0 cm³/mol. The Morgan fingerprint density at radius 3 is 2.69 bits per heavy atom. The molecular formula is C15H19N5O5S. The quantitative estimate of drug-likeness (QED) is 0.572. The summed E-state index contributed by atoms with van der Waals surface area (Å²) in [5.74, 6) is -1.60. The second-order valence-electron chi connectivity index (χ2n) is 5.45. The molecule has 140 valence electrons. The first-order valence-electron chi connectivity index (χ1n) is 7.79. The van der Waals surface area contributed by atoms with Crippen molar-refractivity contribution in [3.8, 4) is 0 Å². The molecule has 2 rings (SSSR count). The number of hydrogen-bond acceptors (Lipinski definition) is 6. The number of sulfonamides is 1. The molecule has 11 heteroatoms. The van der Waals surface area contributed by atoms with E-state index in [4.69, 9.17) is 5.11 Å². The number of carbonyl (C=O) groups is 2. The lowest BCUT2D eigenvalue weighted by atomic mass is 10.1. The number of aliphatic carboxylic acids is 1. The van der Waals surface area contributed by atoms with Gasteiger partial charge in [-0.1, -0.05) is 24.3 Å². The molecule has 26 heavy (non-hydrogen) atoms. The lowest BCUT2D eigenvalue weighted by Crippen LogP contribution is -2.25. The molecule has 1 heterocycles. The zero-order chi connectivity index (χ0) is 19.2. The molecule has 0 aliphatic carbocycles. The third kappa shape index (κ3) is 5.55. The van der Waals surface area contributed by atoms with Crippen LogP contribution in [0.4, 0.5) is 5.69 Å². The van der Waals surface area contributed by atoms with Crippen LogP contribution in [-0.4, -0.2) is 46.1 Å². The van der Waals surface area contributed by atoms with E-state index in [1.807, 2.05) is 0 Å². The second-order valence-corrected chi connectivity index (χ2v) is 7.29. The van der Waals surface area contributed by atoms with Gasteiger partial charge in [-0.2, -0.15) is 0 Å². The molecule has 0 atom stereocenters. The number of benzene rings is 1. The van der Waals surface area contributed by atoms with Gasteiger partial charge < -0.3 is 10.4 Å². The van der Waals surface area contributed by atoms with Crippen LogP contribution < -0.4 is 10.0 Å². The predicted octanol–water partition coefficient (Wildman–Crippen LogP) is 0.444. The van der Waals surface area contributed by atoms with Gasteiger partial charge in [0.1, 0.15) is 12.2 Å². The normalized spacial score (nSPS) is 11.1. The largest absolute Gasteiger partial charge is 0.480 e. The zero-order valence-electron chi connectivity index (χ0n) is 14.0. The SMILES string of the molecule is CCCS(=O)(=O)Nc1ccccc1C(=O)NCc1cn(CC(=O)O)nn1. The van der Waals surface area contributed by atoms with Crippen molar-refractivity contribution in [2.24, 2.45) is 0 Å². The van der Waals surface area contributed by atoms with Crippen molar-refractivity contribution < 1.29 is 23.1 Å². The van der Waals surface area contributed by atoms with Crippen LogP contribution in [0.2, 0.25) is 0 Å². The Morgan fingerprint density at radius 1 is 1.27 bits per heavy atom. The van der Waals surface area contributed by atoms with E-state index in [1.165, 1.54) is 18.3 Å². The first-order chi connectivity index (χ1) is 12.3. The Bertz CT molecular complexity index is 893. The molecule has 1 amide bonds. The van der Waals surface area contributed by atoms with Crippen molar-refractivity contribution in [2.45, 2.75) is 26.4 Å².